The Kier molecular flexibility index (Phi) is 7.31. The van der Waals surface area contributed by atoms with Gasteiger partial charge in [-0.3, -0.25) is 4.79 Å². The van der Waals surface area contributed by atoms with E-state index in [-0.39, 0.29) is 16.9 Å². The number of anilines is 1. The molecule has 0 bridgehead atoms. The van der Waals surface area contributed by atoms with Crippen LogP contribution in [0.25, 0.3) is 0 Å². The van der Waals surface area contributed by atoms with E-state index >= 15 is 0 Å². The molecule has 1 N–H and O–H groups in total. The van der Waals surface area contributed by atoms with Crippen LogP contribution in [0.3, 0.4) is 0 Å². The molecule has 0 saturated carbocycles. The molecule has 5 nitrogen and oxygen atoms in total. The van der Waals surface area contributed by atoms with Gasteiger partial charge in [0, 0.05) is 29.2 Å². The predicted octanol–water partition coefficient (Wildman–Crippen LogP) is 5.17. The molecule has 0 unspecified atom stereocenters. The first-order valence-corrected chi connectivity index (χ1v) is 10.4. The first-order valence-electron chi connectivity index (χ1n) is 9.25. The van der Waals surface area contributed by atoms with Crippen molar-refractivity contribution < 1.29 is 18.0 Å². The fourth-order valence-electron chi connectivity index (χ4n) is 3.32. The molecule has 2 aromatic rings. The van der Waals surface area contributed by atoms with Crippen LogP contribution in [0, 0.1) is 0 Å². The van der Waals surface area contributed by atoms with E-state index in [1.807, 2.05) is 0 Å². The van der Waals surface area contributed by atoms with Crippen LogP contribution in [0.15, 0.2) is 24.3 Å². The van der Waals surface area contributed by atoms with E-state index in [1.54, 1.807) is 23.1 Å². The molecule has 1 fully saturated rings. The lowest BCUT2D eigenvalue weighted by Crippen LogP contribution is -2.50. The summed E-state index contributed by atoms with van der Waals surface area (Å²) in [6, 6.07) is 5.72. The van der Waals surface area contributed by atoms with Gasteiger partial charge in [0.1, 0.15) is 17.0 Å². The molecular formula is C19H18Cl3F3N4O. The van der Waals surface area contributed by atoms with Crippen molar-refractivity contribution in [3.05, 3.63) is 50.9 Å². The molecule has 1 saturated heterocycles. The van der Waals surface area contributed by atoms with Crippen molar-refractivity contribution in [1.29, 1.82) is 0 Å². The molecule has 1 aromatic carbocycles. The highest BCUT2D eigenvalue weighted by atomic mass is 35.5. The molecule has 1 amide bonds. The predicted molar refractivity (Wildman–Crippen MR) is 110 cm³/mol. The van der Waals surface area contributed by atoms with E-state index in [2.05, 4.69) is 15.3 Å². The Morgan fingerprint density at radius 3 is 2.63 bits per heavy atom. The summed E-state index contributed by atoms with van der Waals surface area (Å²) < 4.78 is 39.2. The van der Waals surface area contributed by atoms with Gasteiger partial charge in [0.25, 0.3) is 0 Å². The average molecular weight is 482 g/mol. The highest BCUT2D eigenvalue weighted by Crippen LogP contribution is 2.31. The lowest BCUT2D eigenvalue weighted by atomic mass is 10.0. The molecule has 30 heavy (non-hydrogen) atoms. The number of amides is 1. The average Bonchev–Trinajstić information content (AvgIpc) is 2.68. The summed E-state index contributed by atoms with van der Waals surface area (Å²) in [6.07, 6.45) is -2.23. The number of benzene rings is 1. The Bertz CT molecular complexity index is 926. The summed E-state index contributed by atoms with van der Waals surface area (Å²) in [4.78, 5) is 21.2. The van der Waals surface area contributed by atoms with E-state index in [1.165, 1.54) is 6.07 Å². The largest absolute Gasteiger partial charge is 0.451 e. The zero-order valence-electron chi connectivity index (χ0n) is 15.6. The van der Waals surface area contributed by atoms with Gasteiger partial charge in [-0.2, -0.15) is 13.2 Å². The van der Waals surface area contributed by atoms with Gasteiger partial charge in [0.05, 0.1) is 0 Å². The van der Waals surface area contributed by atoms with Gasteiger partial charge in [-0.05, 0) is 43.4 Å². The van der Waals surface area contributed by atoms with Gasteiger partial charge in [0.15, 0.2) is 0 Å². The lowest BCUT2D eigenvalue weighted by molar-refractivity contribution is -0.144. The topological polar surface area (TPSA) is 58.1 Å². The minimum atomic E-state index is -4.73. The number of nitrogens with zero attached hydrogens (tertiary/aromatic N) is 3. The maximum atomic E-state index is 13.1. The lowest BCUT2D eigenvalue weighted by Gasteiger charge is -2.35. The van der Waals surface area contributed by atoms with Crippen LogP contribution >= 0.6 is 34.8 Å². The Hall–Kier alpha value is -1.77. The first kappa shape index (κ1) is 22.9. The molecule has 1 aliphatic rings. The second-order valence-electron chi connectivity index (χ2n) is 6.85. The molecule has 2 heterocycles. The number of aromatic nitrogens is 2. The van der Waals surface area contributed by atoms with Gasteiger partial charge >= 0.3 is 6.18 Å². The van der Waals surface area contributed by atoms with E-state index < -0.39 is 18.0 Å². The van der Waals surface area contributed by atoms with Gasteiger partial charge in [-0.15, -0.1) is 0 Å². The smallest absolute Gasteiger partial charge is 0.354 e. The number of hydrogen-bond donors (Lipinski definition) is 1. The highest BCUT2D eigenvalue weighted by molar-refractivity contribution is 6.35. The van der Waals surface area contributed by atoms with Crippen molar-refractivity contribution >= 4 is 46.5 Å². The Morgan fingerprint density at radius 1 is 1.17 bits per heavy atom. The maximum Gasteiger partial charge on any atom is 0.451 e. The molecule has 1 aromatic heterocycles. The van der Waals surface area contributed by atoms with Crippen LogP contribution in [0.4, 0.5) is 19.0 Å². The normalized spacial score (nSPS) is 17.1. The molecule has 1 atom stereocenters. The van der Waals surface area contributed by atoms with E-state index in [0.717, 1.165) is 18.4 Å². The van der Waals surface area contributed by atoms with Crippen LogP contribution in [0.5, 0.6) is 0 Å². The fraction of sp³-hybridized carbons (Fsp3) is 0.421. The standard InChI is InChI=1S/C19H18Cl3F3N4O/c20-12-5-4-11(13(21)9-12)6-7-26-17(30)14-3-1-2-8-29(14)16-10-15(22)27-18(28-16)19(23,24)25/h4-5,9-10,14H,1-3,6-8H2,(H,26,30)/t14-/m0/s1. The number of halogens is 6. The number of nitrogens with one attached hydrogen (secondary N) is 1. The second-order valence-corrected chi connectivity index (χ2v) is 8.08. The SMILES string of the molecule is O=C(NCCc1ccc(Cl)cc1Cl)[C@@H]1CCCCN1c1cc(Cl)nc(C(F)(F)F)n1. The molecule has 1 aliphatic heterocycles. The molecule has 11 heteroatoms. The third-order valence-corrected chi connectivity index (χ3v) is 5.52. The summed E-state index contributed by atoms with van der Waals surface area (Å²) in [5.41, 5.74) is 0.833. The third-order valence-electron chi connectivity index (χ3n) is 4.74. The summed E-state index contributed by atoms with van der Waals surface area (Å²) in [5, 5.41) is 3.53. The van der Waals surface area contributed by atoms with Crippen LogP contribution in [-0.2, 0) is 17.4 Å². The quantitative estimate of drug-likeness (QED) is 0.598. The summed E-state index contributed by atoms with van der Waals surface area (Å²) in [7, 11) is 0. The van der Waals surface area contributed by atoms with Crippen molar-refractivity contribution in [3.8, 4) is 0 Å². The minimum absolute atomic E-state index is 0.0112. The monoisotopic (exact) mass is 480 g/mol. The third kappa shape index (κ3) is 5.68. The Labute approximate surface area is 186 Å². The van der Waals surface area contributed by atoms with Crippen LogP contribution in [0.1, 0.15) is 30.7 Å². The van der Waals surface area contributed by atoms with Crippen LogP contribution < -0.4 is 10.2 Å². The Morgan fingerprint density at radius 2 is 1.93 bits per heavy atom. The fourth-order valence-corrected chi connectivity index (χ4v) is 4.00. The van der Waals surface area contributed by atoms with E-state index in [4.69, 9.17) is 34.8 Å². The van der Waals surface area contributed by atoms with Crippen molar-refractivity contribution in [2.45, 2.75) is 37.9 Å². The number of rotatable bonds is 5. The summed E-state index contributed by atoms with van der Waals surface area (Å²) in [6.45, 7) is 0.717. The van der Waals surface area contributed by atoms with Gasteiger partial charge in [0.2, 0.25) is 11.7 Å². The van der Waals surface area contributed by atoms with Gasteiger partial charge in [-0.1, -0.05) is 40.9 Å². The van der Waals surface area contributed by atoms with Crippen molar-refractivity contribution in [2.75, 3.05) is 18.0 Å². The van der Waals surface area contributed by atoms with Crippen molar-refractivity contribution in [1.82, 2.24) is 15.3 Å². The molecule has 162 valence electrons. The number of carbonyl (C=O) groups is 1. The molecule has 0 spiro atoms. The van der Waals surface area contributed by atoms with E-state index in [0.29, 0.717) is 36.0 Å². The number of hydrogen-bond acceptors (Lipinski definition) is 4. The van der Waals surface area contributed by atoms with Crippen LogP contribution in [0.2, 0.25) is 15.2 Å². The zero-order valence-corrected chi connectivity index (χ0v) is 17.9. The first-order chi connectivity index (χ1) is 14.1. The van der Waals surface area contributed by atoms with Gasteiger partial charge in [-0.25, -0.2) is 9.97 Å². The molecular weight excluding hydrogens is 464 g/mol. The minimum Gasteiger partial charge on any atom is -0.354 e. The Balaban J connectivity index is 1.71. The molecule has 3 rings (SSSR count). The number of carbonyl (C=O) groups excluding carboxylic acids is 1. The van der Waals surface area contributed by atoms with Crippen molar-refractivity contribution in [3.63, 3.8) is 0 Å². The number of piperidine rings is 1. The summed E-state index contributed by atoms with van der Waals surface area (Å²) in [5.74, 6) is -1.63. The number of alkyl halides is 3. The maximum absolute atomic E-state index is 13.1. The summed E-state index contributed by atoms with van der Waals surface area (Å²) >= 11 is 17.8. The van der Waals surface area contributed by atoms with Crippen LogP contribution in [-0.4, -0.2) is 35.0 Å². The molecule has 0 aliphatic carbocycles. The second kappa shape index (κ2) is 9.58. The van der Waals surface area contributed by atoms with Crippen molar-refractivity contribution in [2.24, 2.45) is 0 Å². The van der Waals surface area contributed by atoms with Gasteiger partial charge < -0.3 is 10.2 Å². The highest BCUT2D eigenvalue weighted by Gasteiger charge is 2.37. The van der Waals surface area contributed by atoms with E-state index in [9.17, 15) is 18.0 Å². The molecule has 0 radical (unpaired) electrons. The zero-order chi connectivity index (χ0) is 21.9.